The summed E-state index contributed by atoms with van der Waals surface area (Å²) in [6, 6.07) is 4.36. The molecule has 2 nitrogen and oxygen atoms in total. The van der Waals surface area contributed by atoms with Gasteiger partial charge in [0.2, 0.25) is 0 Å². The molecule has 3 unspecified atom stereocenters. The minimum atomic E-state index is 0.526. The average Bonchev–Trinajstić information content (AvgIpc) is 2.91. The number of hydrogen-bond acceptors (Lipinski definition) is 2. The number of nitrogens with zero attached hydrogens (tertiary/aromatic N) is 1. The number of aromatic nitrogens is 1. The summed E-state index contributed by atoms with van der Waals surface area (Å²) in [6.07, 6.45) is 11.0. The number of pyridine rings is 1. The Bertz CT molecular complexity index is 408. The SMILES string of the molecule is c1cncc(C2C3CCC4(CCCN4)C[C@@H]32)c1. The summed E-state index contributed by atoms with van der Waals surface area (Å²) in [5.41, 5.74) is 2.01. The summed E-state index contributed by atoms with van der Waals surface area (Å²) in [6.45, 7) is 1.24. The lowest BCUT2D eigenvalue weighted by molar-refractivity contribution is 0.253. The Morgan fingerprint density at radius 2 is 2.29 bits per heavy atom. The van der Waals surface area contributed by atoms with E-state index < -0.39 is 0 Å². The van der Waals surface area contributed by atoms with Gasteiger partial charge >= 0.3 is 0 Å². The third-order valence-corrected chi connectivity index (χ3v) is 5.32. The molecule has 1 N–H and O–H groups in total. The summed E-state index contributed by atoms with van der Waals surface area (Å²) in [5.74, 6) is 2.73. The third-order valence-electron chi connectivity index (χ3n) is 5.32. The van der Waals surface area contributed by atoms with Gasteiger partial charge < -0.3 is 5.32 Å². The zero-order chi connectivity index (χ0) is 11.3. The molecule has 1 aliphatic heterocycles. The minimum Gasteiger partial charge on any atom is -0.311 e. The van der Waals surface area contributed by atoms with Crippen LogP contribution < -0.4 is 5.32 Å². The van der Waals surface area contributed by atoms with Gasteiger partial charge in [-0.3, -0.25) is 4.98 Å². The van der Waals surface area contributed by atoms with Crippen molar-refractivity contribution >= 4 is 0 Å². The zero-order valence-corrected chi connectivity index (χ0v) is 10.2. The van der Waals surface area contributed by atoms with E-state index in [1.807, 2.05) is 6.20 Å². The van der Waals surface area contributed by atoms with Gasteiger partial charge in [0.1, 0.15) is 0 Å². The van der Waals surface area contributed by atoms with E-state index in [0.717, 1.165) is 17.8 Å². The predicted molar refractivity (Wildman–Crippen MR) is 67.8 cm³/mol. The van der Waals surface area contributed by atoms with Crippen LogP contribution in [0.15, 0.2) is 24.5 Å². The molecule has 2 heteroatoms. The monoisotopic (exact) mass is 228 g/mol. The Morgan fingerprint density at radius 3 is 3.06 bits per heavy atom. The van der Waals surface area contributed by atoms with Crippen LogP contribution in [0.3, 0.4) is 0 Å². The Balaban J connectivity index is 1.53. The van der Waals surface area contributed by atoms with Gasteiger partial charge in [-0.1, -0.05) is 6.07 Å². The van der Waals surface area contributed by atoms with Gasteiger partial charge in [0.05, 0.1) is 0 Å². The molecule has 2 saturated carbocycles. The molecule has 0 aromatic carbocycles. The van der Waals surface area contributed by atoms with Crippen molar-refractivity contribution < 1.29 is 0 Å². The van der Waals surface area contributed by atoms with Crippen molar-refractivity contribution in [2.75, 3.05) is 6.54 Å². The van der Waals surface area contributed by atoms with Crippen molar-refractivity contribution in [1.82, 2.24) is 10.3 Å². The Hall–Kier alpha value is -0.890. The van der Waals surface area contributed by atoms with Gasteiger partial charge in [0.25, 0.3) is 0 Å². The first-order valence-corrected chi connectivity index (χ1v) is 7.03. The van der Waals surface area contributed by atoms with Crippen molar-refractivity contribution in [3.05, 3.63) is 30.1 Å². The normalized spacial score (nSPS) is 43.6. The van der Waals surface area contributed by atoms with Gasteiger partial charge in [-0.2, -0.15) is 0 Å². The van der Waals surface area contributed by atoms with E-state index in [1.165, 1.54) is 44.2 Å². The number of nitrogens with one attached hydrogen (secondary N) is 1. The minimum absolute atomic E-state index is 0.526. The highest BCUT2D eigenvalue weighted by molar-refractivity contribution is 5.28. The van der Waals surface area contributed by atoms with E-state index in [1.54, 1.807) is 0 Å². The van der Waals surface area contributed by atoms with Crippen LogP contribution in [0, 0.1) is 11.8 Å². The van der Waals surface area contributed by atoms with Crippen LogP contribution in [0.2, 0.25) is 0 Å². The maximum Gasteiger partial charge on any atom is 0.0302 e. The lowest BCUT2D eigenvalue weighted by atomic mass is 9.81. The van der Waals surface area contributed by atoms with Crippen molar-refractivity contribution in [2.45, 2.75) is 43.6 Å². The lowest BCUT2D eigenvalue weighted by Crippen LogP contribution is -2.42. The second kappa shape index (κ2) is 3.55. The molecule has 1 aromatic heterocycles. The van der Waals surface area contributed by atoms with E-state index in [2.05, 4.69) is 28.6 Å². The molecule has 1 saturated heterocycles. The maximum atomic E-state index is 4.28. The van der Waals surface area contributed by atoms with Crippen LogP contribution in [0.1, 0.15) is 43.6 Å². The van der Waals surface area contributed by atoms with Crippen molar-refractivity contribution in [3.8, 4) is 0 Å². The smallest absolute Gasteiger partial charge is 0.0302 e. The van der Waals surface area contributed by atoms with Gasteiger partial charge in [-0.15, -0.1) is 0 Å². The van der Waals surface area contributed by atoms with Gasteiger partial charge in [0.15, 0.2) is 0 Å². The summed E-state index contributed by atoms with van der Waals surface area (Å²) < 4.78 is 0. The van der Waals surface area contributed by atoms with Gasteiger partial charge in [-0.25, -0.2) is 0 Å². The van der Waals surface area contributed by atoms with Crippen LogP contribution in [-0.2, 0) is 0 Å². The average molecular weight is 228 g/mol. The molecule has 3 fully saturated rings. The molecule has 2 aliphatic carbocycles. The summed E-state index contributed by atoms with van der Waals surface area (Å²) in [4.78, 5) is 4.28. The number of rotatable bonds is 1. The van der Waals surface area contributed by atoms with E-state index in [4.69, 9.17) is 0 Å². The quantitative estimate of drug-likeness (QED) is 0.799. The molecule has 4 rings (SSSR count). The molecule has 3 aliphatic rings. The maximum absolute atomic E-state index is 4.28. The molecule has 0 radical (unpaired) electrons. The molecule has 4 atom stereocenters. The largest absolute Gasteiger partial charge is 0.311 e. The fraction of sp³-hybridized carbons (Fsp3) is 0.667. The van der Waals surface area contributed by atoms with Crippen LogP contribution >= 0.6 is 0 Å². The molecule has 2 heterocycles. The van der Waals surface area contributed by atoms with Crippen LogP contribution in [0.5, 0.6) is 0 Å². The molecule has 17 heavy (non-hydrogen) atoms. The highest BCUT2D eigenvalue weighted by Gasteiger charge is 2.57. The molecule has 1 aromatic rings. The second-order valence-electron chi connectivity index (χ2n) is 6.19. The summed E-state index contributed by atoms with van der Waals surface area (Å²) in [7, 11) is 0. The van der Waals surface area contributed by atoms with E-state index in [-0.39, 0.29) is 0 Å². The molecular formula is C15H20N2. The second-order valence-corrected chi connectivity index (χ2v) is 6.19. The zero-order valence-electron chi connectivity index (χ0n) is 10.2. The molecule has 90 valence electrons. The van der Waals surface area contributed by atoms with Gasteiger partial charge in [0, 0.05) is 17.9 Å². The first-order chi connectivity index (χ1) is 8.38. The Labute approximate surface area is 103 Å². The molecule has 0 amide bonds. The van der Waals surface area contributed by atoms with E-state index >= 15 is 0 Å². The lowest BCUT2D eigenvalue weighted by Gasteiger charge is -2.33. The van der Waals surface area contributed by atoms with E-state index in [0.29, 0.717) is 5.54 Å². The van der Waals surface area contributed by atoms with Crippen LogP contribution in [0.25, 0.3) is 0 Å². The predicted octanol–water partition coefficient (Wildman–Crippen LogP) is 2.72. The first kappa shape index (κ1) is 10.1. The van der Waals surface area contributed by atoms with Crippen LogP contribution in [-0.4, -0.2) is 17.1 Å². The standard InChI is InChI=1S/C15H20N2/c1-3-11(10-16-7-1)14-12-4-6-15(9-13(12)14)5-2-8-17-15/h1,3,7,10,12-14,17H,2,4-6,8-9H2/t12?,13-,14?,15?/m0/s1. The highest BCUT2D eigenvalue weighted by atomic mass is 15.0. The fourth-order valence-electron chi connectivity index (χ4n) is 4.44. The molecular weight excluding hydrogens is 208 g/mol. The van der Waals surface area contributed by atoms with Crippen molar-refractivity contribution in [2.24, 2.45) is 11.8 Å². The highest BCUT2D eigenvalue weighted by Crippen LogP contribution is 2.63. The third kappa shape index (κ3) is 1.54. The topological polar surface area (TPSA) is 24.9 Å². The Morgan fingerprint density at radius 1 is 1.29 bits per heavy atom. The number of hydrogen-bond donors (Lipinski definition) is 1. The summed E-state index contributed by atoms with van der Waals surface area (Å²) >= 11 is 0. The number of fused-ring (bicyclic) bond motifs is 1. The summed E-state index contributed by atoms with van der Waals surface area (Å²) in [5, 5.41) is 3.79. The molecule has 1 spiro atoms. The van der Waals surface area contributed by atoms with Crippen LogP contribution in [0.4, 0.5) is 0 Å². The Kier molecular flexibility index (Phi) is 2.10. The van der Waals surface area contributed by atoms with Crippen molar-refractivity contribution in [3.63, 3.8) is 0 Å². The van der Waals surface area contributed by atoms with Gasteiger partial charge in [-0.05, 0) is 68.0 Å². The molecule has 0 bridgehead atoms. The first-order valence-electron chi connectivity index (χ1n) is 7.03. The van der Waals surface area contributed by atoms with Crippen molar-refractivity contribution in [1.29, 1.82) is 0 Å². The van der Waals surface area contributed by atoms with E-state index in [9.17, 15) is 0 Å². The fourth-order valence-corrected chi connectivity index (χ4v) is 4.44.